The second kappa shape index (κ2) is 6.85. The van der Waals surface area contributed by atoms with Crippen LogP contribution in [0.4, 0.5) is 0 Å². The summed E-state index contributed by atoms with van der Waals surface area (Å²) in [5, 5.41) is 4.26. The highest BCUT2D eigenvalue weighted by Crippen LogP contribution is 2.31. The number of hydrazone groups is 1. The standard InChI is InChI=1S/C17H16ClN3O3S/c18-12-8-6-11(7-9-12)14(15-16(19)20-21-17(15)22)10-25(23,24)13-4-2-1-3-5-13/h1-9,14-15H,10H2,(H2,19,20)(H,21,22). The molecule has 0 aromatic heterocycles. The van der Waals surface area contributed by atoms with Gasteiger partial charge < -0.3 is 5.73 Å². The van der Waals surface area contributed by atoms with Crippen LogP contribution in [0.25, 0.3) is 0 Å². The van der Waals surface area contributed by atoms with E-state index in [0.717, 1.165) is 0 Å². The Balaban J connectivity index is 2.01. The monoisotopic (exact) mass is 377 g/mol. The molecule has 130 valence electrons. The number of nitrogens with zero attached hydrogens (tertiary/aromatic N) is 1. The molecule has 2 atom stereocenters. The van der Waals surface area contributed by atoms with Crippen LogP contribution in [-0.4, -0.2) is 25.9 Å². The molecule has 0 fully saturated rings. The smallest absolute Gasteiger partial charge is 0.251 e. The summed E-state index contributed by atoms with van der Waals surface area (Å²) in [5.41, 5.74) is 8.81. The molecule has 2 aromatic rings. The molecule has 6 nitrogen and oxygen atoms in total. The van der Waals surface area contributed by atoms with Gasteiger partial charge in [0.05, 0.1) is 10.6 Å². The molecule has 0 radical (unpaired) electrons. The number of nitrogens with one attached hydrogen (secondary N) is 1. The van der Waals surface area contributed by atoms with Crippen molar-refractivity contribution in [3.8, 4) is 0 Å². The van der Waals surface area contributed by atoms with Crippen LogP contribution in [0.5, 0.6) is 0 Å². The van der Waals surface area contributed by atoms with Crippen LogP contribution in [0.2, 0.25) is 5.02 Å². The molecule has 8 heteroatoms. The summed E-state index contributed by atoms with van der Waals surface area (Å²) >= 11 is 5.92. The number of benzene rings is 2. The van der Waals surface area contributed by atoms with Gasteiger partial charge >= 0.3 is 0 Å². The summed E-state index contributed by atoms with van der Waals surface area (Å²) in [6, 6.07) is 14.8. The van der Waals surface area contributed by atoms with Crippen molar-refractivity contribution in [3.63, 3.8) is 0 Å². The van der Waals surface area contributed by atoms with Crippen molar-refractivity contribution < 1.29 is 13.2 Å². The van der Waals surface area contributed by atoms with Gasteiger partial charge in [-0.25, -0.2) is 13.8 Å². The molecule has 25 heavy (non-hydrogen) atoms. The average Bonchev–Trinajstić information content (AvgIpc) is 2.93. The van der Waals surface area contributed by atoms with E-state index in [-0.39, 0.29) is 16.5 Å². The summed E-state index contributed by atoms with van der Waals surface area (Å²) in [6.07, 6.45) is 0. The Labute approximate surface area is 150 Å². The van der Waals surface area contributed by atoms with E-state index in [9.17, 15) is 13.2 Å². The molecule has 2 aromatic carbocycles. The van der Waals surface area contributed by atoms with Crippen LogP contribution in [0.1, 0.15) is 11.5 Å². The van der Waals surface area contributed by atoms with E-state index in [1.165, 1.54) is 12.1 Å². The molecule has 1 aliphatic rings. The van der Waals surface area contributed by atoms with E-state index < -0.39 is 27.6 Å². The maximum absolute atomic E-state index is 12.8. The maximum Gasteiger partial charge on any atom is 0.251 e. The third-order valence-electron chi connectivity index (χ3n) is 4.10. The minimum absolute atomic E-state index is 0.0770. The summed E-state index contributed by atoms with van der Waals surface area (Å²) in [5.74, 6) is -2.13. The maximum atomic E-state index is 12.8. The molecule has 3 rings (SSSR count). The van der Waals surface area contributed by atoms with Gasteiger partial charge in [0.2, 0.25) is 0 Å². The molecule has 0 aliphatic carbocycles. The van der Waals surface area contributed by atoms with E-state index in [2.05, 4.69) is 10.5 Å². The van der Waals surface area contributed by atoms with Crippen molar-refractivity contribution in [1.82, 2.24) is 5.43 Å². The Bertz CT molecular complexity index is 912. The number of hydrogen-bond donors (Lipinski definition) is 2. The normalized spacial score (nSPS) is 18.5. The molecule has 0 spiro atoms. The largest absolute Gasteiger partial charge is 0.385 e. The third-order valence-corrected chi connectivity index (χ3v) is 6.14. The van der Waals surface area contributed by atoms with Crippen molar-refractivity contribution in [3.05, 3.63) is 65.2 Å². The molecule has 3 N–H and O–H groups in total. The Morgan fingerprint density at radius 1 is 1.12 bits per heavy atom. The van der Waals surface area contributed by atoms with Crippen LogP contribution < -0.4 is 11.2 Å². The molecular weight excluding hydrogens is 362 g/mol. The van der Waals surface area contributed by atoms with Crippen molar-refractivity contribution in [2.45, 2.75) is 10.8 Å². The number of rotatable bonds is 5. The van der Waals surface area contributed by atoms with Crippen LogP contribution in [-0.2, 0) is 14.6 Å². The Morgan fingerprint density at radius 2 is 1.76 bits per heavy atom. The zero-order valence-electron chi connectivity index (χ0n) is 13.1. The molecule has 0 bridgehead atoms. The number of carbonyl (C=O) groups excluding carboxylic acids is 1. The first kappa shape index (κ1) is 17.4. The predicted molar refractivity (Wildman–Crippen MR) is 95.9 cm³/mol. The van der Waals surface area contributed by atoms with E-state index in [1.54, 1.807) is 42.5 Å². The number of amides is 1. The number of sulfone groups is 1. The Kier molecular flexibility index (Phi) is 4.78. The topological polar surface area (TPSA) is 102 Å². The van der Waals surface area contributed by atoms with Gasteiger partial charge in [0.25, 0.3) is 5.91 Å². The summed E-state index contributed by atoms with van der Waals surface area (Å²) in [4.78, 5) is 12.4. The van der Waals surface area contributed by atoms with Crippen LogP contribution in [0, 0.1) is 5.92 Å². The lowest BCUT2D eigenvalue weighted by molar-refractivity contribution is -0.122. The second-order valence-electron chi connectivity index (χ2n) is 5.74. The van der Waals surface area contributed by atoms with Crippen LogP contribution >= 0.6 is 11.6 Å². The lowest BCUT2D eigenvalue weighted by Gasteiger charge is -2.22. The van der Waals surface area contributed by atoms with Gasteiger partial charge in [0, 0.05) is 10.9 Å². The fourth-order valence-corrected chi connectivity index (χ4v) is 4.59. The van der Waals surface area contributed by atoms with Crippen molar-refractivity contribution >= 4 is 33.2 Å². The highest BCUT2D eigenvalue weighted by atomic mass is 35.5. The number of halogens is 1. The highest BCUT2D eigenvalue weighted by molar-refractivity contribution is 7.91. The number of hydrogen-bond acceptors (Lipinski definition) is 5. The minimum Gasteiger partial charge on any atom is -0.385 e. The average molecular weight is 378 g/mol. The number of amidine groups is 1. The van der Waals surface area contributed by atoms with Gasteiger partial charge in [-0.1, -0.05) is 41.9 Å². The SMILES string of the molecule is NC1=NNC(=O)C1C(CS(=O)(=O)c1ccccc1)c1ccc(Cl)cc1. The Hall–Kier alpha value is -2.38. The van der Waals surface area contributed by atoms with Crippen LogP contribution in [0.3, 0.4) is 0 Å². The minimum atomic E-state index is -3.63. The number of carbonyl (C=O) groups is 1. The van der Waals surface area contributed by atoms with Crippen molar-refractivity contribution in [1.29, 1.82) is 0 Å². The van der Waals surface area contributed by atoms with Gasteiger partial charge in [0.15, 0.2) is 9.84 Å². The van der Waals surface area contributed by atoms with Gasteiger partial charge in [-0.2, -0.15) is 5.10 Å². The van der Waals surface area contributed by atoms with E-state index >= 15 is 0 Å². The van der Waals surface area contributed by atoms with E-state index in [0.29, 0.717) is 10.6 Å². The van der Waals surface area contributed by atoms with Crippen LogP contribution in [0.15, 0.2) is 64.6 Å². The van der Waals surface area contributed by atoms with Crippen molar-refractivity contribution in [2.24, 2.45) is 16.8 Å². The molecule has 1 aliphatic heterocycles. The molecule has 0 saturated heterocycles. The van der Waals surface area contributed by atoms with Gasteiger partial charge in [-0.3, -0.25) is 4.79 Å². The summed E-state index contributed by atoms with van der Waals surface area (Å²) < 4.78 is 25.6. The quantitative estimate of drug-likeness (QED) is 0.830. The zero-order valence-corrected chi connectivity index (χ0v) is 14.7. The first-order chi connectivity index (χ1) is 11.9. The lowest BCUT2D eigenvalue weighted by Crippen LogP contribution is -2.36. The van der Waals surface area contributed by atoms with E-state index in [1.807, 2.05) is 0 Å². The van der Waals surface area contributed by atoms with E-state index in [4.69, 9.17) is 17.3 Å². The lowest BCUT2D eigenvalue weighted by atomic mass is 9.86. The van der Waals surface area contributed by atoms with Crippen molar-refractivity contribution in [2.75, 3.05) is 5.75 Å². The molecular formula is C17H16ClN3O3S. The molecule has 0 saturated carbocycles. The molecule has 1 amide bonds. The van der Waals surface area contributed by atoms with Gasteiger partial charge in [0.1, 0.15) is 11.8 Å². The highest BCUT2D eigenvalue weighted by Gasteiger charge is 2.39. The summed E-state index contributed by atoms with van der Waals surface area (Å²) in [7, 11) is -3.63. The second-order valence-corrected chi connectivity index (χ2v) is 8.21. The zero-order chi connectivity index (χ0) is 18.0. The number of nitrogens with two attached hydrogens (primary N) is 1. The Morgan fingerprint density at radius 3 is 2.32 bits per heavy atom. The third kappa shape index (κ3) is 3.67. The fourth-order valence-electron chi connectivity index (χ4n) is 2.84. The van der Waals surface area contributed by atoms with Gasteiger partial charge in [-0.05, 0) is 29.8 Å². The first-order valence-corrected chi connectivity index (χ1v) is 9.58. The molecule has 1 heterocycles. The molecule has 2 unspecified atom stereocenters. The first-order valence-electron chi connectivity index (χ1n) is 7.54. The predicted octanol–water partition coefficient (Wildman–Crippen LogP) is 1.92. The fraction of sp³-hybridized carbons (Fsp3) is 0.176. The summed E-state index contributed by atoms with van der Waals surface area (Å²) in [6.45, 7) is 0. The van der Waals surface area contributed by atoms with Gasteiger partial charge in [-0.15, -0.1) is 0 Å².